The first kappa shape index (κ1) is 28.3. The van der Waals surface area contributed by atoms with E-state index in [0.717, 1.165) is 5.56 Å². The predicted octanol–water partition coefficient (Wildman–Crippen LogP) is 2.06. The van der Waals surface area contributed by atoms with Crippen LogP contribution in [0, 0.1) is 0 Å². The summed E-state index contributed by atoms with van der Waals surface area (Å²) in [5.41, 5.74) is 8.32. The average molecular weight is 583 g/mol. The number of nitrogens with zero attached hydrogens (tertiary/aromatic N) is 1. The number of rotatable bonds is 11. The highest BCUT2D eigenvalue weighted by Gasteiger charge is 2.37. The van der Waals surface area contributed by atoms with Gasteiger partial charge in [0, 0.05) is 48.4 Å². The number of benzene rings is 3. The van der Waals surface area contributed by atoms with Gasteiger partial charge in [0.1, 0.15) is 12.1 Å². The van der Waals surface area contributed by atoms with Crippen molar-refractivity contribution in [3.8, 4) is 0 Å². The SMILES string of the molecule is [2H]N(C(=O)CN)[C@@H](Cc1ccccc1)C(=O)N1CCC[C@H]1C(=O)NCCCNc1cccc2c1C(=O)c1ccccc1C2=O. The molecular weight excluding hydrogens is 546 g/mol. The Morgan fingerprint density at radius 3 is 2.35 bits per heavy atom. The van der Waals surface area contributed by atoms with Gasteiger partial charge in [-0.1, -0.05) is 66.7 Å². The van der Waals surface area contributed by atoms with Crippen molar-refractivity contribution in [3.63, 3.8) is 0 Å². The minimum absolute atomic E-state index is 0.133. The lowest BCUT2D eigenvalue weighted by molar-refractivity contribution is -0.141. The van der Waals surface area contributed by atoms with E-state index >= 15 is 0 Å². The third-order valence-electron chi connectivity index (χ3n) is 7.79. The summed E-state index contributed by atoms with van der Waals surface area (Å²) >= 11 is 0. The molecule has 0 spiro atoms. The summed E-state index contributed by atoms with van der Waals surface area (Å²) in [6.45, 7) is 0.701. The van der Waals surface area contributed by atoms with E-state index in [1.54, 1.807) is 42.5 Å². The molecule has 1 fully saturated rings. The summed E-state index contributed by atoms with van der Waals surface area (Å²) in [7, 11) is 0. The highest BCUT2D eigenvalue weighted by atomic mass is 16.2. The Hall–Kier alpha value is -4.83. The van der Waals surface area contributed by atoms with Crippen LogP contribution in [0.4, 0.5) is 5.69 Å². The van der Waals surface area contributed by atoms with Crippen LogP contribution in [-0.2, 0) is 20.8 Å². The summed E-state index contributed by atoms with van der Waals surface area (Å²) in [4.78, 5) is 66.7. The molecular formula is C33H35N5O5. The van der Waals surface area contributed by atoms with Crippen LogP contribution >= 0.6 is 0 Å². The molecule has 2 aliphatic rings. The van der Waals surface area contributed by atoms with Gasteiger partial charge in [0.25, 0.3) is 0 Å². The summed E-state index contributed by atoms with van der Waals surface area (Å²) < 4.78 is 8.31. The number of nitrogens with two attached hydrogens (primary N) is 1. The van der Waals surface area contributed by atoms with E-state index in [4.69, 9.17) is 7.15 Å². The number of amides is 3. The molecule has 1 heterocycles. The molecule has 0 radical (unpaired) electrons. The van der Waals surface area contributed by atoms with Gasteiger partial charge >= 0.3 is 0 Å². The number of likely N-dealkylation sites (tertiary alicyclic amines) is 1. The zero-order valence-corrected chi connectivity index (χ0v) is 23.8. The average Bonchev–Trinajstić information content (AvgIpc) is 3.55. The Bertz CT molecular complexity index is 1580. The summed E-state index contributed by atoms with van der Waals surface area (Å²) in [6, 6.07) is 19.2. The summed E-state index contributed by atoms with van der Waals surface area (Å²) in [5.74, 6) is -1.83. The molecule has 5 rings (SSSR count). The van der Waals surface area contributed by atoms with Gasteiger partial charge in [-0.05, 0) is 30.9 Å². The molecule has 0 aromatic heterocycles. The zero-order chi connectivity index (χ0) is 31.2. The van der Waals surface area contributed by atoms with E-state index in [0.29, 0.717) is 72.1 Å². The third-order valence-corrected chi connectivity index (χ3v) is 7.79. The Morgan fingerprint density at radius 1 is 0.907 bits per heavy atom. The Labute approximate surface area is 251 Å². The van der Waals surface area contributed by atoms with Gasteiger partial charge in [-0.2, -0.15) is 0 Å². The second-order valence-corrected chi connectivity index (χ2v) is 10.6. The van der Waals surface area contributed by atoms with Crippen molar-refractivity contribution < 1.29 is 25.4 Å². The van der Waals surface area contributed by atoms with Gasteiger partial charge in [-0.3, -0.25) is 24.0 Å². The number of fused-ring (bicyclic) bond motifs is 2. The van der Waals surface area contributed by atoms with Crippen LogP contribution in [0.5, 0.6) is 0 Å². The van der Waals surface area contributed by atoms with Gasteiger partial charge in [0.2, 0.25) is 17.7 Å². The van der Waals surface area contributed by atoms with Crippen molar-refractivity contribution in [1.82, 2.24) is 15.5 Å². The lowest BCUT2D eigenvalue weighted by Gasteiger charge is -2.29. The van der Waals surface area contributed by atoms with Crippen molar-refractivity contribution in [1.29, 1.82) is 0 Å². The van der Waals surface area contributed by atoms with Crippen LogP contribution in [0.15, 0.2) is 72.8 Å². The number of nitrogens with one attached hydrogen (secondary N) is 3. The second kappa shape index (κ2) is 13.4. The molecule has 1 aliphatic heterocycles. The van der Waals surface area contributed by atoms with Gasteiger partial charge in [-0.15, -0.1) is 0 Å². The first-order valence-corrected chi connectivity index (χ1v) is 14.5. The highest BCUT2D eigenvalue weighted by Crippen LogP contribution is 2.31. The van der Waals surface area contributed by atoms with E-state index in [1.807, 2.05) is 30.3 Å². The number of hydrogen-bond acceptors (Lipinski definition) is 7. The van der Waals surface area contributed by atoms with Crippen LogP contribution in [-0.4, -0.2) is 72.5 Å². The molecule has 10 nitrogen and oxygen atoms in total. The predicted molar refractivity (Wildman–Crippen MR) is 162 cm³/mol. The molecule has 0 saturated carbocycles. The molecule has 222 valence electrons. The lowest BCUT2D eigenvalue weighted by atomic mass is 9.83. The molecule has 3 aromatic carbocycles. The summed E-state index contributed by atoms with van der Waals surface area (Å²) in [5, 5.41) is 6.76. The molecule has 2 atom stereocenters. The molecule has 10 heteroatoms. The maximum absolute atomic E-state index is 13.6. The van der Waals surface area contributed by atoms with Gasteiger partial charge < -0.3 is 26.6 Å². The van der Waals surface area contributed by atoms with Crippen LogP contribution in [0.3, 0.4) is 0 Å². The molecule has 43 heavy (non-hydrogen) atoms. The number of carbonyl (C=O) groups is 5. The third kappa shape index (κ3) is 6.49. The van der Waals surface area contributed by atoms with Crippen LogP contribution < -0.4 is 21.7 Å². The fraction of sp³-hybridized carbons (Fsp3) is 0.303. The largest absolute Gasteiger partial charge is 0.384 e. The van der Waals surface area contributed by atoms with Crippen molar-refractivity contribution in [2.75, 3.05) is 31.5 Å². The van der Waals surface area contributed by atoms with E-state index < -0.39 is 30.4 Å². The number of ketones is 2. The number of carbonyl (C=O) groups excluding carboxylic acids is 5. The van der Waals surface area contributed by atoms with Crippen LogP contribution in [0.1, 0.15) is 56.7 Å². The van der Waals surface area contributed by atoms with E-state index in [1.165, 1.54) is 4.90 Å². The van der Waals surface area contributed by atoms with Crippen molar-refractivity contribution in [2.24, 2.45) is 5.73 Å². The smallest absolute Gasteiger partial charge is 0.246 e. The molecule has 5 N–H and O–H groups in total. The molecule has 3 aromatic rings. The van der Waals surface area contributed by atoms with Gasteiger partial charge in [0.05, 0.1) is 12.1 Å². The quantitative estimate of drug-likeness (QED) is 0.198. The fourth-order valence-corrected chi connectivity index (χ4v) is 5.68. The first-order chi connectivity index (χ1) is 21.3. The van der Waals surface area contributed by atoms with Crippen LogP contribution in [0.25, 0.3) is 0 Å². The topological polar surface area (TPSA) is 151 Å². The highest BCUT2D eigenvalue weighted by molar-refractivity contribution is 6.30. The molecule has 0 unspecified atom stereocenters. The second-order valence-electron chi connectivity index (χ2n) is 10.6. The minimum Gasteiger partial charge on any atom is -0.384 e. The van der Waals surface area contributed by atoms with Crippen LogP contribution in [0.2, 0.25) is 1.41 Å². The Morgan fingerprint density at radius 2 is 1.60 bits per heavy atom. The Balaban J connectivity index is 1.18. The Kier molecular flexibility index (Phi) is 8.84. The number of hydrogen-bond donors (Lipinski definition) is 4. The monoisotopic (exact) mass is 582 g/mol. The lowest BCUT2D eigenvalue weighted by Crippen LogP contribution is -2.55. The van der Waals surface area contributed by atoms with E-state index in [2.05, 4.69) is 10.6 Å². The molecule has 1 saturated heterocycles. The van der Waals surface area contributed by atoms with Gasteiger partial charge in [0.15, 0.2) is 13.0 Å². The van der Waals surface area contributed by atoms with Crippen molar-refractivity contribution in [2.45, 2.75) is 37.8 Å². The zero-order valence-electron chi connectivity index (χ0n) is 24.8. The maximum atomic E-state index is 13.6. The standard InChI is InChI=1S/C33H35N5O5/c34-20-28(39)37-26(19-21-9-2-1-3-10-21)33(43)38-18-7-15-27(38)32(42)36-17-8-16-35-25-14-6-13-24-29(25)31(41)23-12-5-4-11-22(23)30(24)40/h1-6,9-14,26-27,35H,7-8,15-20,34H2,(H,36,42)(H,37,39)/t26-,27-/m0/s1/i/hD. The molecule has 3 amide bonds. The van der Waals surface area contributed by atoms with Crippen molar-refractivity contribution >= 4 is 35.0 Å². The first-order valence-electron chi connectivity index (χ1n) is 14.9. The maximum Gasteiger partial charge on any atom is 0.246 e. The fourth-order valence-electron chi connectivity index (χ4n) is 5.68. The van der Waals surface area contributed by atoms with E-state index in [-0.39, 0.29) is 23.9 Å². The molecule has 1 aliphatic carbocycles. The summed E-state index contributed by atoms with van der Waals surface area (Å²) in [6.07, 6.45) is 1.76. The minimum atomic E-state index is -1.11. The normalized spacial score (nSPS) is 16.5. The molecule has 0 bridgehead atoms. The van der Waals surface area contributed by atoms with Crippen molar-refractivity contribution in [3.05, 3.63) is 101 Å². The van der Waals surface area contributed by atoms with E-state index in [9.17, 15) is 24.0 Å². The van der Waals surface area contributed by atoms with Gasteiger partial charge in [-0.25, -0.2) is 0 Å². The number of anilines is 1.